The molecular formula is C19H23N4O+. The van der Waals surface area contributed by atoms with E-state index >= 15 is 0 Å². The van der Waals surface area contributed by atoms with Gasteiger partial charge in [-0.1, -0.05) is 5.92 Å². The van der Waals surface area contributed by atoms with Crippen molar-refractivity contribution in [2.24, 2.45) is 0 Å². The first-order chi connectivity index (χ1) is 11.5. The summed E-state index contributed by atoms with van der Waals surface area (Å²) in [5, 5.41) is 10.1. The van der Waals surface area contributed by atoms with Crippen molar-refractivity contribution in [3.8, 4) is 29.5 Å². The molecule has 124 valence electrons. The van der Waals surface area contributed by atoms with E-state index in [-0.39, 0.29) is 0 Å². The van der Waals surface area contributed by atoms with Crippen LogP contribution in [0.5, 0.6) is 5.88 Å². The second-order valence-corrected chi connectivity index (χ2v) is 5.79. The molecule has 0 bridgehead atoms. The number of quaternary nitrogens is 1. The van der Waals surface area contributed by atoms with Crippen LogP contribution in [0.3, 0.4) is 0 Å². The SMILES string of the molecule is C#Cc1cc(-c2cccnc2OCC)nc(C(C)=N)c1[NH2+]C(C)C. The van der Waals surface area contributed by atoms with Crippen LogP contribution in [-0.2, 0) is 0 Å². The van der Waals surface area contributed by atoms with Crippen LogP contribution in [0.1, 0.15) is 39.0 Å². The van der Waals surface area contributed by atoms with Gasteiger partial charge in [-0.3, -0.25) is 0 Å². The zero-order valence-corrected chi connectivity index (χ0v) is 14.6. The molecule has 2 rings (SSSR count). The molecule has 5 nitrogen and oxygen atoms in total. The van der Waals surface area contributed by atoms with Crippen molar-refractivity contribution < 1.29 is 10.1 Å². The Morgan fingerprint density at radius 3 is 2.79 bits per heavy atom. The van der Waals surface area contributed by atoms with Gasteiger partial charge in [0.2, 0.25) is 5.88 Å². The van der Waals surface area contributed by atoms with Crippen LogP contribution in [0, 0.1) is 17.8 Å². The molecule has 0 saturated carbocycles. The molecule has 0 aliphatic rings. The number of nitrogens with zero attached hydrogens (tertiary/aromatic N) is 2. The number of nitrogens with one attached hydrogen (secondary N) is 1. The van der Waals surface area contributed by atoms with Crippen LogP contribution in [0.25, 0.3) is 11.3 Å². The van der Waals surface area contributed by atoms with E-state index in [2.05, 4.69) is 29.7 Å². The topological polar surface area (TPSA) is 75.5 Å². The maximum absolute atomic E-state index is 8.09. The molecule has 0 aromatic carbocycles. The Morgan fingerprint density at radius 1 is 1.46 bits per heavy atom. The largest absolute Gasteiger partial charge is 0.477 e. The van der Waals surface area contributed by atoms with E-state index in [1.807, 2.05) is 30.4 Å². The van der Waals surface area contributed by atoms with Gasteiger partial charge in [-0.25, -0.2) is 9.97 Å². The maximum atomic E-state index is 8.09. The van der Waals surface area contributed by atoms with Crippen molar-refractivity contribution in [2.45, 2.75) is 33.7 Å². The number of hydrogen-bond donors (Lipinski definition) is 2. The first-order valence-electron chi connectivity index (χ1n) is 7.98. The lowest BCUT2D eigenvalue weighted by Crippen LogP contribution is -2.83. The molecule has 0 radical (unpaired) electrons. The van der Waals surface area contributed by atoms with E-state index in [9.17, 15) is 0 Å². The van der Waals surface area contributed by atoms with Crippen LogP contribution < -0.4 is 10.1 Å². The summed E-state index contributed by atoms with van der Waals surface area (Å²) in [6.07, 6.45) is 7.40. The Kier molecular flexibility index (Phi) is 5.67. The molecule has 0 unspecified atom stereocenters. The summed E-state index contributed by atoms with van der Waals surface area (Å²) in [6.45, 7) is 8.29. The fraction of sp³-hybridized carbons (Fsp3) is 0.316. The lowest BCUT2D eigenvalue weighted by molar-refractivity contribution is -0.603. The van der Waals surface area contributed by atoms with E-state index in [0.29, 0.717) is 35.6 Å². The molecule has 2 heterocycles. The van der Waals surface area contributed by atoms with Crippen molar-refractivity contribution >= 4 is 11.4 Å². The Balaban J connectivity index is 2.68. The molecule has 0 fully saturated rings. The molecule has 0 amide bonds. The zero-order valence-electron chi connectivity index (χ0n) is 14.6. The van der Waals surface area contributed by atoms with Crippen molar-refractivity contribution in [1.29, 1.82) is 5.41 Å². The van der Waals surface area contributed by atoms with Gasteiger partial charge in [-0.15, -0.1) is 6.42 Å². The molecule has 24 heavy (non-hydrogen) atoms. The molecule has 5 heteroatoms. The third kappa shape index (κ3) is 3.79. The average molecular weight is 323 g/mol. The van der Waals surface area contributed by atoms with Crippen LogP contribution in [0.2, 0.25) is 0 Å². The normalized spacial score (nSPS) is 10.5. The van der Waals surface area contributed by atoms with Gasteiger partial charge < -0.3 is 15.5 Å². The van der Waals surface area contributed by atoms with E-state index in [0.717, 1.165) is 16.8 Å². The average Bonchev–Trinajstić information content (AvgIpc) is 2.55. The lowest BCUT2D eigenvalue weighted by Gasteiger charge is -2.14. The minimum atomic E-state index is 0.306. The lowest BCUT2D eigenvalue weighted by atomic mass is 10.0. The summed E-state index contributed by atoms with van der Waals surface area (Å²) < 4.78 is 5.60. The van der Waals surface area contributed by atoms with Crippen LogP contribution in [0.4, 0.5) is 5.69 Å². The number of nitrogens with two attached hydrogens (primary N) is 1. The zero-order chi connectivity index (χ0) is 17.7. The molecular weight excluding hydrogens is 300 g/mol. The van der Waals surface area contributed by atoms with Gasteiger partial charge in [0.05, 0.1) is 35.2 Å². The monoisotopic (exact) mass is 323 g/mol. The second kappa shape index (κ2) is 7.71. The summed E-state index contributed by atoms with van der Waals surface area (Å²) in [6, 6.07) is 5.90. The van der Waals surface area contributed by atoms with Crippen LogP contribution >= 0.6 is 0 Å². The van der Waals surface area contributed by atoms with Gasteiger partial charge >= 0.3 is 0 Å². The molecule has 2 aromatic rings. The van der Waals surface area contributed by atoms with Crippen LogP contribution in [0.15, 0.2) is 24.4 Å². The molecule has 0 aliphatic heterocycles. The van der Waals surface area contributed by atoms with Crippen molar-refractivity contribution in [3.63, 3.8) is 0 Å². The van der Waals surface area contributed by atoms with Crippen LogP contribution in [-0.4, -0.2) is 28.3 Å². The quantitative estimate of drug-likeness (QED) is 0.633. The molecule has 0 spiro atoms. The third-order valence-corrected chi connectivity index (χ3v) is 3.40. The highest BCUT2D eigenvalue weighted by molar-refractivity contribution is 5.99. The molecule has 0 aliphatic carbocycles. The van der Waals surface area contributed by atoms with Gasteiger partial charge in [-0.2, -0.15) is 0 Å². The Labute approximate surface area is 143 Å². The van der Waals surface area contributed by atoms with Gasteiger partial charge in [0.25, 0.3) is 0 Å². The fourth-order valence-electron chi connectivity index (χ4n) is 2.44. The fourth-order valence-corrected chi connectivity index (χ4v) is 2.44. The summed E-state index contributed by atoms with van der Waals surface area (Å²) in [5.74, 6) is 3.25. The minimum Gasteiger partial charge on any atom is -0.477 e. The van der Waals surface area contributed by atoms with Crippen molar-refractivity contribution in [1.82, 2.24) is 9.97 Å². The number of terminal acetylenes is 1. The van der Waals surface area contributed by atoms with Gasteiger partial charge in [0.1, 0.15) is 5.69 Å². The third-order valence-electron chi connectivity index (χ3n) is 3.40. The predicted octanol–water partition coefficient (Wildman–Crippen LogP) is 2.51. The second-order valence-electron chi connectivity index (χ2n) is 5.79. The molecule has 3 N–H and O–H groups in total. The van der Waals surface area contributed by atoms with Gasteiger partial charge in [0.15, 0.2) is 5.69 Å². The highest BCUT2D eigenvalue weighted by Crippen LogP contribution is 2.29. The Morgan fingerprint density at radius 2 is 2.21 bits per heavy atom. The van der Waals surface area contributed by atoms with E-state index in [1.165, 1.54) is 0 Å². The first kappa shape index (κ1) is 17.6. The standard InChI is InChI=1S/C19H22N4O/c1-6-14-11-16(15-9-8-10-21-19(15)24-7-2)23-17(13(5)20)18(14)22-12(3)4/h1,8-12,20,22H,7H2,2-5H3/p+1. The van der Waals surface area contributed by atoms with Crippen molar-refractivity contribution in [2.75, 3.05) is 6.61 Å². The Bertz CT molecular complexity index is 790. The number of rotatable bonds is 6. The summed E-state index contributed by atoms with van der Waals surface area (Å²) in [7, 11) is 0. The summed E-state index contributed by atoms with van der Waals surface area (Å²) in [5.41, 5.74) is 3.98. The van der Waals surface area contributed by atoms with E-state index < -0.39 is 0 Å². The van der Waals surface area contributed by atoms with Crippen molar-refractivity contribution in [3.05, 3.63) is 35.7 Å². The molecule has 0 saturated heterocycles. The molecule has 0 atom stereocenters. The number of ether oxygens (including phenoxy) is 1. The van der Waals surface area contributed by atoms with Gasteiger partial charge in [0, 0.05) is 6.20 Å². The highest BCUT2D eigenvalue weighted by Gasteiger charge is 2.20. The number of hydrogen-bond acceptors (Lipinski definition) is 4. The van der Waals surface area contributed by atoms with E-state index in [4.69, 9.17) is 16.6 Å². The minimum absolute atomic E-state index is 0.306. The summed E-state index contributed by atoms with van der Waals surface area (Å²) in [4.78, 5) is 8.95. The number of pyridine rings is 2. The number of aromatic nitrogens is 2. The van der Waals surface area contributed by atoms with Gasteiger partial charge in [-0.05, 0) is 45.9 Å². The highest BCUT2D eigenvalue weighted by atomic mass is 16.5. The summed E-state index contributed by atoms with van der Waals surface area (Å²) >= 11 is 0. The predicted molar refractivity (Wildman–Crippen MR) is 95.8 cm³/mol. The molecule has 2 aromatic heterocycles. The Hall–Kier alpha value is -2.71. The maximum Gasteiger partial charge on any atom is 0.222 e. The van der Waals surface area contributed by atoms with E-state index in [1.54, 1.807) is 13.1 Å². The smallest absolute Gasteiger partial charge is 0.222 e. The first-order valence-corrected chi connectivity index (χ1v) is 7.98.